The summed E-state index contributed by atoms with van der Waals surface area (Å²) in [4.78, 5) is 16.2. The lowest BCUT2D eigenvalue weighted by atomic mass is 10.3. The predicted molar refractivity (Wildman–Crippen MR) is 87.5 cm³/mol. The van der Waals surface area contributed by atoms with Gasteiger partial charge in [-0.2, -0.15) is 0 Å². The fraction of sp³-hybridized carbons (Fsp3) is 0.353. The van der Waals surface area contributed by atoms with Gasteiger partial charge in [-0.05, 0) is 30.3 Å². The van der Waals surface area contributed by atoms with Crippen LogP contribution in [0.5, 0.6) is 5.75 Å². The fourth-order valence-corrected chi connectivity index (χ4v) is 2.82. The predicted octanol–water partition coefficient (Wildman–Crippen LogP) is 2.80. The third kappa shape index (κ3) is 4.27. The molecular weight excluding hydrogens is 335 g/mol. The summed E-state index contributed by atoms with van der Waals surface area (Å²) < 4.78 is 23.7. The topological polar surface area (TPSA) is 45.9 Å². The average Bonchev–Trinajstić information content (AvgIpc) is 3.07. The first-order chi connectivity index (χ1) is 11.6. The Hall–Kier alpha value is -2.05. The van der Waals surface area contributed by atoms with Gasteiger partial charge in [0.1, 0.15) is 17.3 Å². The quantitative estimate of drug-likeness (QED) is 0.830. The van der Waals surface area contributed by atoms with Gasteiger partial charge in [0.2, 0.25) is 0 Å². The third-order valence-corrected chi connectivity index (χ3v) is 4.22. The molecule has 1 aromatic carbocycles. The molecule has 0 radical (unpaired) electrons. The molecule has 1 amide bonds. The average molecular weight is 353 g/mol. The van der Waals surface area contributed by atoms with Crippen LogP contribution in [-0.4, -0.2) is 48.5 Å². The highest BCUT2D eigenvalue weighted by molar-refractivity contribution is 6.32. The van der Waals surface area contributed by atoms with E-state index in [1.54, 1.807) is 11.2 Å². The Balaban J connectivity index is 1.45. The van der Waals surface area contributed by atoms with Gasteiger partial charge in [-0.15, -0.1) is 0 Å². The molecule has 2 heterocycles. The van der Waals surface area contributed by atoms with Gasteiger partial charge in [0.25, 0.3) is 5.91 Å². The SMILES string of the molecule is O=C(COc1ccc(F)cc1Cl)N1CCN(Cc2ccco2)CC1. The zero-order valence-corrected chi connectivity index (χ0v) is 13.8. The van der Waals surface area contributed by atoms with Crippen molar-refractivity contribution < 1.29 is 18.3 Å². The second-order valence-corrected chi connectivity index (χ2v) is 6.01. The van der Waals surface area contributed by atoms with E-state index in [1.807, 2.05) is 12.1 Å². The van der Waals surface area contributed by atoms with Crippen LogP contribution in [0.4, 0.5) is 4.39 Å². The van der Waals surface area contributed by atoms with Crippen LogP contribution < -0.4 is 4.74 Å². The second-order valence-electron chi connectivity index (χ2n) is 5.60. The van der Waals surface area contributed by atoms with Crippen molar-refractivity contribution in [2.45, 2.75) is 6.54 Å². The number of rotatable bonds is 5. The Kier molecular flexibility index (Phi) is 5.37. The summed E-state index contributed by atoms with van der Waals surface area (Å²) in [6, 6.07) is 7.64. The number of hydrogen-bond acceptors (Lipinski definition) is 4. The van der Waals surface area contributed by atoms with Crippen molar-refractivity contribution >= 4 is 17.5 Å². The maximum Gasteiger partial charge on any atom is 0.260 e. The van der Waals surface area contributed by atoms with Crippen molar-refractivity contribution in [3.8, 4) is 5.75 Å². The molecule has 7 heteroatoms. The van der Waals surface area contributed by atoms with Crippen LogP contribution in [0.2, 0.25) is 5.02 Å². The summed E-state index contributed by atoms with van der Waals surface area (Å²) in [5.74, 6) is 0.686. The lowest BCUT2D eigenvalue weighted by Crippen LogP contribution is -2.49. The van der Waals surface area contributed by atoms with E-state index in [2.05, 4.69) is 4.90 Å². The van der Waals surface area contributed by atoms with Crippen LogP contribution in [0.25, 0.3) is 0 Å². The highest BCUT2D eigenvalue weighted by Gasteiger charge is 2.22. The highest BCUT2D eigenvalue weighted by atomic mass is 35.5. The third-order valence-electron chi connectivity index (χ3n) is 3.93. The zero-order valence-electron chi connectivity index (χ0n) is 13.1. The number of amides is 1. The molecule has 0 bridgehead atoms. The smallest absolute Gasteiger partial charge is 0.260 e. The molecule has 3 rings (SSSR count). The Morgan fingerprint density at radius 3 is 2.71 bits per heavy atom. The summed E-state index contributed by atoms with van der Waals surface area (Å²) in [6.07, 6.45) is 1.66. The molecule has 0 saturated carbocycles. The Morgan fingerprint density at radius 2 is 2.04 bits per heavy atom. The van der Waals surface area contributed by atoms with Crippen molar-refractivity contribution in [2.75, 3.05) is 32.8 Å². The summed E-state index contributed by atoms with van der Waals surface area (Å²) >= 11 is 5.88. The minimum atomic E-state index is -0.439. The molecule has 1 aliphatic rings. The Bertz CT molecular complexity index is 685. The van der Waals surface area contributed by atoms with Crippen molar-refractivity contribution in [1.29, 1.82) is 0 Å². The largest absolute Gasteiger partial charge is 0.482 e. The monoisotopic (exact) mass is 352 g/mol. The Morgan fingerprint density at radius 1 is 1.25 bits per heavy atom. The van der Waals surface area contributed by atoms with Crippen LogP contribution in [0.3, 0.4) is 0 Å². The molecule has 0 unspecified atom stereocenters. The number of carbonyl (C=O) groups excluding carboxylic acids is 1. The van der Waals surface area contributed by atoms with E-state index in [0.29, 0.717) is 18.8 Å². The van der Waals surface area contributed by atoms with Gasteiger partial charge in [0.05, 0.1) is 17.8 Å². The van der Waals surface area contributed by atoms with Gasteiger partial charge in [-0.3, -0.25) is 9.69 Å². The minimum absolute atomic E-state index is 0.104. The molecule has 1 aromatic heterocycles. The van der Waals surface area contributed by atoms with Gasteiger partial charge in [-0.25, -0.2) is 4.39 Å². The lowest BCUT2D eigenvalue weighted by Gasteiger charge is -2.34. The van der Waals surface area contributed by atoms with Crippen molar-refractivity contribution in [1.82, 2.24) is 9.80 Å². The summed E-state index contributed by atoms with van der Waals surface area (Å²) in [5, 5.41) is 0.158. The van der Waals surface area contributed by atoms with Gasteiger partial charge in [0, 0.05) is 26.2 Å². The van der Waals surface area contributed by atoms with Crippen molar-refractivity contribution in [3.05, 3.63) is 53.2 Å². The minimum Gasteiger partial charge on any atom is -0.482 e. The van der Waals surface area contributed by atoms with Gasteiger partial charge < -0.3 is 14.1 Å². The van der Waals surface area contributed by atoms with Gasteiger partial charge >= 0.3 is 0 Å². The Labute approximate surface area is 144 Å². The molecule has 128 valence electrons. The van der Waals surface area contributed by atoms with Gasteiger partial charge in [-0.1, -0.05) is 11.6 Å². The number of benzene rings is 1. The van der Waals surface area contributed by atoms with E-state index in [9.17, 15) is 9.18 Å². The number of furan rings is 1. The maximum absolute atomic E-state index is 13.0. The molecule has 2 aromatic rings. The second kappa shape index (κ2) is 7.68. The lowest BCUT2D eigenvalue weighted by molar-refractivity contribution is -0.135. The number of hydrogen-bond donors (Lipinski definition) is 0. The van der Waals surface area contributed by atoms with Crippen molar-refractivity contribution in [2.24, 2.45) is 0 Å². The van der Waals surface area contributed by atoms with E-state index in [0.717, 1.165) is 31.5 Å². The van der Waals surface area contributed by atoms with Crippen LogP contribution in [0.15, 0.2) is 41.0 Å². The molecule has 0 N–H and O–H groups in total. The summed E-state index contributed by atoms with van der Waals surface area (Å²) in [5.41, 5.74) is 0. The van der Waals surface area contributed by atoms with E-state index >= 15 is 0 Å². The van der Waals surface area contributed by atoms with Crippen molar-refractivity contribution in [3.63, 3.8) is 0 Å². The first kappa shape index (κ1) is 16.8. The van der Waals surface area contributed by atoms with E-state index in [4.69, 9.17) is 20.8 Å². The molecule has 24 heavy (non-hydrogen) atoms. The van der Waals surface area contributed by atoms with Gasteiger partial charge in [0.15, 0.2) is 6.61 Å². The summed E-state index contributed by atoms with van der Waals surface area (Å²) in [7, 11) is 0. The molecule has 1 aliphatic heterocycles. The first-order valence-corrected chi connectivity index (χ1v) is 8.10. The molecule has 0 spiro atoms. The normalized spacial score (nSPS) is 15.5. The number of ether oxygens (including phenoxy) is 1. The van der Waals surface area contributed by atoms with Crippen LogP contribution >= 0.6 is 11.6 Å². The number of piperazine rings is 1. The van der Waals surface area contributed by atoms with Crippen LogP contribution in [0, 0.1) is 5.82 Å². The molecule has 0 aliphatic carbocycles. The standard InChI is InChI=1S/C17H18ClFN2O3/c18-15-10-13(19)3-4-16(15)24-12-17(22)21-7-5-20(6-8-21)11-14-2-1-9-23-14/h1-4,9-10H,5-8,11-12H2. The number of nitrogens with zero attached hydrogens (tertiary/aromatic N) is 2. The van der Waals surface area contributed by atoms with E-state index in [-0.39, 0.29) is 17.5 Å². The summed E-state index contributed by atoms with van der Waals surface area (Å²) in [6.45, 7) is 3.48. The molecule has 0 atom stereocenters. The van der Waals surface area contributed by atoms with E-state index in [1.165, 1.54) is 12.1 Å². The first-order valence-electron chi connectivity index (χ1n) is 7.72. The number of halogens is 2. The molecule has 1 saturated heterocycles. The van der Waals surface area contributed by atoms with Crippen LogP contribution in [0.1, 0.15) is 5.76 Å². The molecule has 5 nitrogen and oxygen atoms in total. The van der Waals surface area contributed by atoms with E-state index < -0.39 is 5.82 Å². The molecule has 1 fully saturated rings. The fourth-order valence-electron chi connectivity index (χ4n) is 2.60. The highest BCUT2D eigenvalue weighted by Crippen LogP contribution is 2.24. The zero-order chi connectivity index (χ0) is 16.9. The number of carbonyl (C=O) groups is 1. The maximum atomic E-state index is 13.0. The molecular formula is C17H18ClFN2O3. The van der Waals surface area contributed by atoms with Crippen LogP contribution in [-0.2, 0) is 11.3 Å².